The maximum atomic E-state index is 12.4. The lowest BCUT2D eigenvalue weighted by molar-refractivity contribution is 0.0894. The second kappa shape index (κ2) is 5.43. The molecule has 0 radical (unpaired) electrons. The van der Waals surface area contributed by atoms with Crippen molar-refractivity contribution in [2.75, 3.05) is 36.5 Å². The van der Waals surface area contributed by atoms with E-state index in [1.54, 1.807) is 6.07 Å². The molecule has 1 aromatic rings. The van der Waals surface area contributed by atoms with Crippen LogP contribution in [0.1, 0.15) is 37.2 Å². The van der Waals surface area contributed by atoms with Crippen molar-refractivity contribution in [3.8, 4) is 0 Å². The van der Waals surface area contributed by atoms with Gasteiger partial charge in [0.15, 0.2) is 5.82 Å². The minimum atomic E-state index is -0.447. The highest BCUT2D eigenvalue weighted by atomic mass is 16.3. The second-order valence-corrected chi connectivity index (χ2v) is 6.85. The van der Waals surface area contributed by atoms with E-state index in [9.17, 15) is 4.79 Å². The van der Waals surface area contributed by atoms with Gasteiger partial charge in [-0.25, -0.2) is 4.98 Å². The van der Waals surface area contributed by atoms with Crippen molar-refractivity contribution in [3.05, 3.63) is 17.8 Å². The largest absolute Gasteiger partial charge is 0.396 e. The first-order chi connectivity index (χ1) is 10.4. The summed E-state index contributed by atoms with van der Waals surface area (Å²) < 4.78 is 0. The van der Waals surface area contributed by atoms with Crippen molar-refractivity contribution < 1.29 is 9.90 Å². The number of aliphatic hydroxyl groups excluding tert-OH is 1. The average molecular weight is 304 g/mol. The SMILES string of the molecule is CN1c2nc(C(=O)NC(C)(C)CCO)ccc2N2CCC1C2. The molecule has 22 heavy (non-hydrogen) atoms. The van der Waals surface area contributed by atoms with Crippen LogP contribution in [0.5, 0.6) is 0 Å². The van der Waals surface area contributed by atoms with Crippen molar-refractivity contribution in [1.82, 2.24) is 10.3 Å². The van der Waals surface area contributed by atoms with Crippen LogP contribution < -0.4 is 15.1 Å². The number of nitrogens with zero attached hydrogens (tertiary/aromatic N) is 3. The van der Waals surface area contributed by atoms with Crippen LogP contribution >= 0.6 is 0 Å². The number of nitrogens with one attached hydrogen (secondary N) is 1. The van der Waals surface area contributed by atoms with Gasteiger partial charge < -0.3 is 20.2 Å². The Labute approximate surface area is 131 Å². The predicted octanol–water partition coefficient (Wildman–Crippen LogP) is 1.00. The van der Waals surface area contributed by atoms with Gasteiger partial charge in [0.05, 0.1) is 5.69 Å². The van der Waals surface area contributed by atoms with E-state index in [0.29, 0.717) is 18.2 Å². The van der Waals surface area contributed by atoms with Crippen LogP contribution in [0.15, 0.2) is 12.1 Å². The summed E-state index contributed by atoms with van der Waals surface area (Å²) in [6, 6.07) is 4.27. The fourth-order valence-electron chi connectivity index (χ4n) is 3.24. The van der Waals surface area contributed by atoms with Gasteiger partial charge in [-0.1, -0.05) is 0 Å². The van der Waals surface area contributed by atoms with Crippen LogP contribution in [0.3, 0.4) is 0 Å². The number of aromatic nitrogens is 1. The van der Waals surface area contributed by atoms with Crippen LogP contribution in [-0.4, -0.2) is 54.3 Å². The third kappa shape index (κ3) is 2.63. The zero-order valence-corrected chi connectivity index (χ0v) is 13.5. The van der Waals surface area contributed by atoms with Crippen LogP contribution in [-0.2, 0) is 0 Å². The van der Waals surface area contributed by atoms with Crippen molar-refractivity contribution in [3.63, 3.8) is 0 Å². The lowest BCUT2D eigenvalue weighted by atomic mass is 10.0. The molecule has 2 aliphatic heterocycles. The molecule has 3 rings (SSSR count). The minimum absolute atomic E-state index is 0.0459. The summed E-state index contributed by atoms with van der Waals surface area (Å²) in [7, 11) is 2.05. The first-order valence-electron chi connectivity index (χ1n) is 7.83. The Morgan fingerprint density at radius 2 is 2.27 bits per heavy atom. The molecule has 6 heteroatoms. The topological polar surface area (TPSA) is 68.7 Å². The predicted molar refractivity (Wildman–Crippen MR) is 86.5 cm³/mol. The molecule has 2 bridgehead atoms. The summed E-state index contributed by atoms with van der Waals surface area (Å²) in [6.07, 6.45) is 1.65. The van der Waals surface area contributed by atoms with Crippen molar-refractivity contribution in [2.24, 2.45) is 0 Å². The number of aliphatic hydroxyl groups is 1. The molecule has 0 saturated carbocycles. The van der Waals surface area contributed by atoms with Gasteiger partial charge in [0.1, 0.15) is 5.69 Å². The number of carbonyl (C=O) groups excluding carboxylic acids is 1. The van der Waals surface area contributed by atoms with Gasteiger partial charge in [0.2, 0.25) is 0 Å². The van der Waals surface area contributed by atoms with Crippen LogP contribution in [0, 0.1) is 0 Å². The van der Waals surface area contributed by atoms with Gasteiger partial charge in [-0.2, -0.15) is 0 Å². The third-order valence-corrected chi connectivity index (χ3v) is 4.66. The van der Waals surface area contributed by atoms with E-state index < -0.39 is 5.54 Å². The van der Waals surface area contributed by atoms with E-state index in [2.05, 4.69) is 27.1 Å². The van der Waals surface area contributed by atoms with Crippen molar-refractivity contribution in [2.45, 2.75) is 38.3 Å². The van der Waals surface area contributed by atoms with E-state index in [-0.39, 0.29) is 12.5 Å². The van der Waals surface area contributed by atoms with Crippen molar-refractivity contribution in [1.29, 1.82) is 0 Å². The Kier molecular flexibility index (Phi) is 3.72. The summed E-state index contributed by atoms with van der Waals surface area (Å²) in [6.45, 7) is 5.94. The number of amides is 1. The highest BCUT2D eigenvalue weighted by Crippen LogP contribution is 2.37. The van der Waals surface area contributed by atoms with E-state index in [4.69, 9.17) is 5.11 Å². The quantitative estimate of drug-likeness (QED) is 0.868. The Morgan fingerprint density at radius 1 is 1.50 bits per heavy atom. The second-order valence-electron chi connectivity index (χ2n) is 6.85. The molecule has 1 saturated heterocycles. The van der Waals surface area contributed by atoms with E-state index in [1.807, 2.05) is 19.9 Å². The first kappa shape index (κ1) is 15.1. The number of likely N-dealkylation sites (N-methyl/N-ethyl adjacent to an activating group) is 1. The first-order valence-corrected chi connectivity index (χ1v) is 7.83. The number of fused-ring (bicyclic) bond motifs is 4. The molecule has 1 unspecified atom stereocenters. The number of hydrogen-bond acceptors (Lipinski definition) is 5. The molecule has 0 spiro atoms. The van der Waals surface area contributed by atoms with Crippen molar-refractivity contribution >= 4 is 17.4 Å². The van der Waals surface area contributed by atoms with Gasteiger partial charge in [0.25, 0.3) is 5.91 Å². The molecule has 2 aliphatic rings. The molecule has 0 aliphatic carbocycles. The van der Waals surface area contributed by atoms with Gasteiger partial charge in [-0.15, -0.1) is 0 Å². The number of anilines is 2. The standard InChI is InChI=1S/C16H24N4O2/c1-16(2,7-9-21)18-15(22)12-4-5-13-14(17-12)19(3)11-6-8-20(13)10-11/h4-5,11,21H,6-10H2,1-3H3,(H,18,22). The van der Waals surface area contributed by atoms with E-state index in [1.165, 1.54) is 0 Å². The molecule has 1 aromatic heterocycles. The lowest BCUT2D eigenvalue weighted by Crippen LogP contribution is -2.45. The van der Waals surface area contributed by atoms with E-state index >= 15 is 0 Å². The Morgan fingerprint density at radius 3 is 3.00 bits per heavy atom. The molecular weight excluding hydrogens is 280 g/mol. The Bertz CT molecular complexity index is 588. The molecular formula is C16H24N4O2. The summed E-state index contributed by atoms with van der Waals surface area (Å²) in [5.74, 6) is 0.698. The molecule has 120 valence electrons. The Hall–Kier alpha value is -1.82. The Balaban J connectivity index is 1.83. The average Bonchev–Trinajstić information content (AvgIpc) is 2.90. The smallest absolute Gasteiger partial charge is 0.270 e. The summed E-state index contributed by atoms with van der Waals surface area (Å²) >= 11 is 0. The molecule has 0 aromatic carbocycles. The zero-order chi connectivity index (χ0) is 15.9. The highest BCUT2D eigenvalue weighted by molar-refractivity contribution is 5.94. The normalized spacial score (nSPS) is 20.1. The van der Waals surface area contributed by atoms with Crippen LogP contribution in [0.4, 0.5) is 11.5 Å². The minimum Gasteiger partial charge on any atom is -0.396 e. The van der Waals surface area contributed by atoms with Gasteiger partial charge in [-0.05, 0) is 38.8 Å². The fraction of sp³-hybridized carbons (Fsp3) is 0.625. The van der Waals surface area contributed by atoms with Gasteiger partial charge >= 0.3 is 0 Å². The number of rotatable bonds is 4. The molecule has 1 atom stereocenters. The monoisotopic (exact) mass is 304 g/mol. The van der Waals surface area contributed by atoms with Gasteiger partial charge in [-0.3, -0.25) is 4.79 Å². The molecule has 3 heterocycles. The number of pyridine rings is 1. The zero-order valence-electron chi connectivity index (χ0n) is 13.5. The maximum absolute atomic E-state index is 12.4. The summed E-state index contributed by atoms with van der Waals surface area (Å²) in [5.41, 5.74) is 1.10. The third-order valence-electron chi connectivity index (χ3n) is 4.66. The van der Waals surface area contributed by atoms with Crippen LogP contribution in [0.2, 0.25) is 0 Å². The lowest BCUT2D eigenvalue weighted by Gasteiger charge is -2.35. The van der Waals surface area contributed by atoms with E-state index in [0.717, 1.165) is 31.0 Å². The van der Waals surface area contributed by atoms with Crippen LogP contribution in [0.25, 0.3) is 0 Å². The molecule has 1 fully saturated rings. The summed E-state index contributed by atoms with van der Waals surface area (Å²) in [5, 5.41) is 12.0. The molecule has 6 nitrogen and oxygen atoms in total. The number of hydrogen-bond donors (Lipinski definition) is 2. The van der Waals surface area contributed by atoms with Gasteiger partial charge in [0, 0.05) is 38.3 Å². The number of carbonyl (C=O) groups is 1. The highest BCUT2D eigenvalue weighted by Gasteiger charge is 2.35. The molecule has 1 amide bonds. The molecule has 2 N–H and O–H groups in total. The fourth-order valence-corrected chi connectivity index (χ4v) is 3.24. The maximum Gasteiger partial charge on any atom is 0.270 e. The summed E-state index contributed by atoms with van der Waals surface area (Å²) in [4.78, 5) is 21.5.